The Bertz CT molecular complexity index is 550. The number of ether oxygens (including phenoxy) is 3. The molecule has 0 saturated heterocycles. The van der Waals surface area contributed by atoms with Crippen LogP contribution in [0.1, 0.15) is 10.4 Å². The summed E-state index contributed by atoms with van der Waals surface area (Å²) in [5.41, 5.74) is -0.193. The maximum Gasteiger partial charge on any atom is 0.315 e. The normalized spacial score (nSPS) is 10.2. The smallest absolute Gasteiger partial charge is 0.315 e. The molecule has 1 rings (SSSR count). The van der Waals surface area contributed by atoms with E-state index in [-0.39, 0.29) is 22.7 Å². The molecule has 0 heterocycles. The third-order valence-corrected chi connectivity index (χ3v) is 2.99. The Morgan fingerprint density at radius 2 is 1.91 bits per heavy atom. The monoisotopic (exact) mass is 327 g/mol. The molecule has 1 aromatic rings. The fourth-order valence-corrected chi connectivity index (χ4v) is 1.88. The molecule has 0 aliphatic rings. The molecule has 23 heavy (non-hydrogen) atoms. The van der Waals surface area contributed by atoms with Crippen LogP contribution in [0.15, 0.2) is 12.1 Å². The first-order valence-corrected chi connectivity index (χ1v) is 6.93. The van der Waals surface area contributed by atoms with E-state index in [0.717, 1.165) is 6.07 Å². The van der Waals surface area contributed by atoms with Crippen molar-refractivity contribution in [3.8, 4) is 11.5 Å². The number of hydrogen-bond donors (Lipinski definition) is 2. The van der Waals surface area contributed by atoms with E-state index in [9.17, 15) is 14.9 Å². The van der Waals surface area contributed by atoms with Crippen molar-refractivity contribution in [3.63, 3.8) is 0 Å². The summed E-state index contributed by atoms with van der Waals surface area (Å²) in [6, 6.07) is 2.56. The molecule has 0 unspecified atom stereocenters. The Morgan fingerprint density at radius 3 is 2.48 bits per heavy atom. The van der Waals surface area contributed by atoms with E-state index in [1.165, 1.54) is 20.3 Å². The van der Waals surface area contributed by atoms with Gasteiger partial charge < -0.3 is 24.8 Å². The van der Waals surface area contributed by atoms with Crippen LogP contribution >= 0.6 is 0 Å². The molecule has 0 aliphatic carbocycles. The zero-order valence-corrected chi connectivity index (χ0v) is 13.4. The van der Waals surface area contributed by atoms with Crippen molar-refractivity contribution in [2.75, 3.05) is 47.6 Å². The minimum Gasteiger partial charge on any atom is -0.493 e. The highest BCUT2D eigenvalue weighted by molar-refractivity contribution is 5.96. The number of nitrogens with zero attached hydrogens (tertiary/aromatic N) is 1. The molecule has 128 valence electrons. The van der Waals surface area contributed by atoms with Crippen LogP contribution < -0.4 is 20.1 Å². The lowest BCUT2D eigenvalue weighted by Gasteiger charge is -2.11. The van der Waals surface area contributed by atoms with Gasteiger partial charge in [0.1, 0.15) is 0 Å². The first kappa shape index (κ1) is 18.7. The van der Waals surface area contributed by atoms with Gasteiger partial charge in [0.2, 0.25) is 5.75 Å². The quantitative estimate of drug-likeness (QED) is 0.367. The summed E-state index contributed by atoms with van der Waals surface area (Å²) in [6.45, 7) is 2.19. The molecular formula is C14H21N3O6. The number of nitrogens with one attached hydrogen (secondary N) is 2. The van der Waals surface area contributed by atoms with Crippen LogP contribution in [0.25, 0.3) is 0 Å². The second-order valence-electron chi connectivity index (χ2n) is 4.49. The number of amides is 1. The van der Waals surface area contributed by atoms with Crippen LogP contribution in [0.4, 0.5) is 5.69 Å². The Morgan fingerprint density at radius 1 is 1.17 bits per heavy atom. The first-order chi connectivity index (χ1) is 11.0. The van der Waals surface area contributed by atoms with Crippen molar-refractivity contribution < 1.29 is 23.9 Å². The van der Waals surface area contributed by atoms with Gasteiger partial charge in [0.15, 0.2) is 5.75 Å². The molecule has 0 saturated carbocycles. The molecule has 0 bridgehead atoms. The zero-order chi connectivity index (χ0) is 17.2. The van der Waals surface area contributed by atoms with E-state index >= 15 is 0 Å². The summed E-state index contributed by atoms with van der Waals surface area (Å²) in [5.74, 6) is -0.317. The predicted molar refractivity (Wildman–Crippen MR) is 83.3 cm³/mol. The predicted octanol–water partition coefficient (Wildman–Crippen LogP) is 0.578. The van der Waals surface area contributed by atoms with Crippen LogP contribution in [-0.4, -0.2) is 58.4 Å². The van der Waals surface area contributed by atoms with Gasteiger partial charge >= 0.3 is 5.69 Å². The second kappa shape index (κ2) is 9.59. The van der Waals surface area contributed by atoms with E-state index in [1.807, 2.05) is 0 Å². The first-order valence-electron chi connectivity index (χ1n) is 6.93. The lowest BCUT2D eigenvalue weighted by Crippen LogP contribution is -2.33. The van der Waals surface area contributed by atoms with Crippen LogP contribution in [0, 0.1) is 10.1 Å². The van der Waals surface area contributed by atoms with Crippen molar-refractivity contribution in [1.82, 2.24) is 10.6 Å². The van der Waals surface area contributed by atoms with Crippen LogP contribution in [0.5, 0.6) is 11.5 Å². The largest absolute Gasteiger partial charge is 0.493 e. The second-order valence-corrected chi connectivity index (χ2v) is 4.49. The van der Waals surface area contributed by atoms with E-state index in [0.29, 0.717) is 26.2 Å². The van der Waals surface area contributed by atoms with E-state index in [1.54, 1.807) is 7.11 Å². The highest BCUT2D eigenvalue weighted by Gasteiger charge is 2.23. The molecule has 0 aromatic heterocycles. The molecule has 1 aromatic carbocycles. The van der Waals surface area contributed by atoms with Crippen molar-refractivity contribution in [1.29, 1.82) is 0 Å². The van der Waals surface area contributed by atoms with Crippen LogP contribution in [-0.2, 0) is 4.74 Å². The van der Waals surface area contributed by atoms with Crippen molar-refractivity contribution >= 4 is 11.6 Å². The lowest BCUT2D eigenvalue weighted by molar-refractivity contribution is -0.385. The number of carbonyl (C=O) groups excluding carboxylic acids is 1. The Hall–Kier alpha value is -2.39. The molecule has 9 nitrogen and oxygen atoms in total. The van der Waals surface area contributed by atoms with E-state index in [2.05, 4.69) is 10.6 Å². The molecular weight excluding hydrogens is 306 g/mol. The van der Waals surface area contributed by atoms with Crippen LogP contribution in [0.3, 0.4) is 0 Å². The third-order valence-electron chi connectivity index (χ3n) is 2.99. The number of benzene rings is 1. The highest BCUT2D eigenvalue weighted by atomic mass is 16.6. The van der Waals surface area contributed by atoms with Gasteiger partial charge in [0.25, 0.3) is 5.91 Å². The summed E-state index contributed by atoms with van der Waals surface area (Å²) in [5, 5.41) is 16.8. The molecule has 0 atom stereocenters. The Kier molecular flexibility index (Phi) is 7.78. The molecule has 2 N–H and O–H groups in total. The molecule has 0 radical (unpaired) electrons. The van der Waals surface area contributed by atoms with Gasteiger partial charge in [-0.2, -0.15) is 0 Å². The fourth-order valence-electron chi connectivity index (χ4n) is 1.88. The lowest BCUT2D eigenvalue weighted by atomic mass is 10.1. The Labute approximate surface area is 134 Å². The van der Waals surface area contributed by atoms with Crippen molar-refractivity contribution in [2.24, 2.45) is 0 Å². The van der Waals surface area contributed by atoms with Gasteiger partial charge in [-0.3, -0.25) is 14.9 Å². The summed E-state index contributed by atoms with van der Waals surface area (Å²) in [7, 11) is 4.26. The number of rotatable bonds is 10. The molecule has 0 fully saturated rings. The number of methoxy groups -OCH3 is 3. The summed E-state index contributed by atoms with van der Waals surface area (Å²) >= 11 is 0. The fraction of sp³-hybridized carbons (Fsp3) is 0.500. The average Bonchev–Trinajstić information content (AvgIpc) is 2.56. The van der Waals surface area contributed by atoms with Crippen molar-refractivity contribution in [3.05, 3.63) is 27.8 Å². The highest BCUT2D eigenvalue weighted by Crippen LogP contribution is 2.37. The molecule has 0 aliphatic heterocycles. The van der Waals surface area contributed by atoms with Gasteiger partial charge in [-0.25, -0.2) is 0 Å². The van der Waals surface area contributed by atoms with Crippen molar-refractivity contribution in [2.45, 2.75) is 0 Å². The van der Waals surface area contributed by atoms with E-state index < -0.39 is 10.8 Å². The topological polar surface area (TPSA) is 112 Å². The Balaban J connectivity index is 2.77. The summed E-state index contributed by atoms with van der Waals surface area (Å²) in [6.07, 6.45) is 0. The number of carbonyl (C=O) groups is 1. The third kappa shape index (κ3) is 5.38. The van der Waals surface area contributed by atoms with Gasteiger partial charge in [-0.1, -0.05) is 0 Å². The minimum atomic E-state index is -0.621. The molecule has 1 amide bonds. The standard InChI is InChI=1S/C14H21N3O6/c1-21-7-6-15-4-5-16-14(18)10-8-11(17(19)20)13(23-3)12(9-10)22-2/h8-9,15H,4-7H2,1-3H3,(H,16,18). The van der Waals surface area contributed by atoms with Gasteiger partial charge in [0.05, 0.1) is 31.3 Å². The van der Waals surface area contributed by atoms with E-state index in [4.69, 9.17) is 14.2 Å². The van der Waals surface area contributed by atoms with Gasteiger partial charge in [-0.15, -0.1) is 0 Å². The number of nitro benzene ring substituents is 1. The average molecular weight is 327 g/mol. The number of hydrogen-bond acceptors (Lipinski definition) is 7. The summed E-state index contributed by atoms with van der Waals surface area (Å²) in [4.78, 5) is 22.6. The zero-order valence-electron chi connectivity index (χ0n) is 13.4. The summed E-state index contributed by atoms with van der Waals surface area (Å²) < 4.78 is 14.9. The SMILES string of the molecule is COCCNCCNC(=O)c1cc(OC)c(OC)c([N+](=O)[O-])c1. The van der Waals surface area contributed by atoms with Gasteiger partial charge in [0, 0.05) is 32.8 Å². The molecule has 9 heteroatoms. The molecule has 0 spiro atoms. The maximum absolute atomic E-state index is 12.1. The minimum absolute atomic E-state index is 0.0183. The maximum atomic E-state index is 12.1. The van der Waals surface area contributed by atoms with Gasteiger partial charge in [-0.05, 0) is 6.07 Å². The number of nitro groups is 1. The van der Waals surface area contributed by atoms with Crippen LogP contribution in [0.2, 0.25) is 0 Å².